The normalized spacial score (nSPS) is 13.7. The topological polar surface area (TPSA) is 83.5 Å². The zero-order valence-electron chi connectivity index (χ0n) is 10.9. The predicted molar refractivity (Wildman–Crippen MR) is 68.0 cm³/mol. The molecule has 0 fully saturated rings. The third-order valence-corrected chi connectivity index (χ3v) is 4.11. The molecule has 5 nitrogen and oxygen atoms in total. The molecule has 0 unspecified atom stereocenters. The molecule has 0 heterocycles. The van der Waals surface area contributed by atoms with Crippen molar-refractivity contribution < 1.29 is 27.1 Å². The molecule has 20 heavy (non-hydrogen) atoms. The predicted octanol–water partition coefficient (Wildman–Crippen LogP) is 2.01. The van der Waals surface area contributed by atoms with E-state index < -0.39 is 34.4 Å². The van der Waals surface area contributed by atoms with Gasteiger partial charge < -0.3 is 5.11 Å². The molecule has 0 saturated carbocycles. The zero-order valence-corrected chi connectivity index (χ0v) is 11.7. The average molecular weight is 307 g/mol. The Morgan fingerprint density at radius 2 is 1.70 bits per heavy atom. The van der Waals surface area contributed by atoms with Gasteiger partial charge in [-0.25, -0.2) is 17.2 Å². The largest absolute Gasteiger partial charge is 0.480 e. The number of halogens is 2. The Bertz CT molecular complexity index is 570. The minimum Gasteiger partial charge on any atom is -0.480 e. The monoisotopic (exact) mass is 307 g/mol. The SMILES string of the molecule is CC(C)[C@H](NS(=O)(=O)c1ccc(C(F)F)cc1)C(=O)O. The number of carboxylic acids is 1. The number of aliphatic carboxylic acids is 1. The summed E-state index contributed by atoms with van der Waals surface area (Å²) < 4.78 is 50.7. The van der Waals surface area contributed by atoms with Gasteiger partial charge in [-0.15, -0.1) is 0 Å². The summed E-state index contributed by atoms with van der Waals surface area (Å²) in [5, 5.41) is 8.94. The van der Waals surface area contributed by atoms with Gasteiger partial charge in [0.05, 0.1) is 4.90 Å². The molecule has 0 spiro atoms. The summed E-state index contributed by atoms with van der Waals surface area (Å²) in [5.41, 5.74) is -0.303. The minimum atomic E-state index is -4.07. The molecule has 2 N–H and O–H groups in total. The summed E-state index contributed by atoms with van der Waals surface area (Å²) in [7, 11) is -4.07. The van der Waals surface area contributed by atoms with Gasteiger partial charge in [0, 0.05) is 5.56 Å². The fourth-order valence-corrected chi connectivity index (χ4v) is 2.84. The Morgan fingerprint density at radius 1 is 1.20 bits per heavy atom. The fraction of sp³-hybridized carbons (Fsp3) is 0.417. The second-order valence-corrected chi connectivity index (χ2v) is 6.26. The molecule has 1 atom stereocenters. The van der Waals surface area contributed by atoms with Gasteiger partial charge in [-0.1, -0.05) is 26.0 Å². The molecule has 8 heteroatoms. The van der Waals surface area contributed by atoms with Crippen LogP contribution in [-0.4, -0.2) is 25.5 Å². The van der Waals surface area contributed by atoms with Gasteiger partial charge in [-0.2, -0.15) is 4.72 Å². The van der Waals surface area contributed by atoms with Crippen LogP contribution in [-0.2, 0) is 14.8 Å². The van der Waals surface area contributed by atoms with Gasteiger partial charge in [0.25, 0.3) is 6.43 Å². The number of nitrogens with one attached hydrogen (secondary N) is 1. The van der Waals surface area contributed by atoms with Gasteiger partial charge in [-0.05, 0) is 18.1 Å². The van der Waals surface area contributed by atoms with Crippen molar-refractivity contribution in [2.75, 3.05) is 0 Å². The molecule has 0 aliphatic rings. The lowest BCUT2D eigenvalue weighted by molar-refractivity contribution is -0.140. The zero-order chi connectivity index (χ0) is 15.5. The maximum absolute atomic E-state index is 12.4. The molecule has 0 saturated heterocycles. The van der Waals surface area contributed by atoms with Crippen LogP contribution in [0.5, 0.6) is 0 Å². The lowest BCUT2D eigenvalue weighted by atomic mass is 10.1. The molecule has 0 aromatic heterocycles. The van der Waals surface area contributed by atoms with Crippen molar-refractivity contribution in [2.24, 2.45) is 5.92 Å². The van der Waals surface area contributed by atoms with Crippen molar-refractivity contribution in [1.29, 1.82) is 0 Å². The van der Waals surface area contributed by atoms with Gasteiger partial charge >= 0.3 is 5.97 Å². The highest BCUT2D eigenvalue weighted by molar-refractivity contribution is 7.89. The Balaban J connectivity index is 3.01. The number of hydrogen-bond donors (Lipinski definition) is 2. The van der Waals surface area contributed by atoms with Crippen molar-refractivity contribution in [3.63, 3.8) is 0 Å². The van der Waals surface area contributed by atoms with E-state index in [0.29, 0.717) is 0 Å². The molecular weight excluding hydrogens is 292 g/mol. The van der Waals surface area contributed by atoms with Gasteiger partial charge in [0.1, 0.15) is 6.04 Å². The first kappa shape index (κ1) is 16.5. The van der Waals surface area contributed by atoms with E-state index in [1.807, 2.05) is 4.72 Å². The highest BCUT2D eigenvalue weighted by Crippen LogP contribution is 2.20. The molecule has 0 aliphatic heterocycles. The van der Waals surface area contributed by atoms with Crippen LogP contribution < -0.4 is 4.72 Å². The van der Waals surface area contributed by atoms with Crippen molar-refractivity contribution in [3.8, 4) is 0 Å². The Kier molecular flexibility index (Phi) is 5.18. The number of carboxylic acid groups (broad SMARTS) is 1. The minimum absolute atomic E-state index is 0.256. The van der Waals surface area contributed by atoms with Crippen molar-refractivity contribution in [1.82, 2.24) is 4.72 Å². The molecule has 0 radical (unpaired) electrons. The van der Waals surface area contributed by atoms with Crippen LogP contribution in [0.2, 0.25) is 0 Å². The molecular formula is C12H15F2NO4S. The summed E-state index contributed by atoms with van der Waals surface area (Å²) in [5.74, 6) is -1.75. The summed E-state index contributed by atoms with van der Waals surface area (Å²) in [4.78, 5) is 10.7. The summed E-state index contributed by atoms with van der Waals surface area (Å²) in [6.45, 7) is 3.11. The Labute approximate surface area is 115 Å². The molecule has 0 aliphatic carbocycles. The van der Waals surface area contributed by atoms with E-state index in [9.17, 15) is 22.0 Å². The van der Waals surface area contributed by atoms with Crippen LogP contribution in [0.4, 0.5) is 8.78 Å². The van der Waals surface area contributed by atoms with E-state index in [0.717, 1.165) is 24.3 Å². The first-order valence-corrected chi connectivity index (χ1v) is 7.26. The lowest BCUT2D eigenvalue weighted by Crippen LogP contribution is -2.44. The van der Waals surface area contributed by atoms with Gasteiger partial charge in [-0.3, -0.25) is 4.79 Å². The second kappa shape index (κ2) is 6.27. The van der Waals surface area contributed by atoms with Crippen LogP contribution in [0.1, 0.15) is 25.8 Å². The summed E-state index contributed by atoms with van der Waals surface area (Å²) in [6, 6.07) is 2.73. The smallest absolute Gasteiger partial charge is 0.322 e. The second-order valence-electron chi connectivity index (χ2n) is 4.55. The molecule has 112 valence electrons. The van der Waals surface area contributed by atoms with Crippen LogP contribution in [0.25, 0.3) is 0 Å². The van der Waals surface area contributed by atoms with Crippen LogP contribution >= 0.6 is 0 Å². The van der Waals surface area contributed by atoms with E-state index >= 15 is 0 Å². The third kappa shape index (κ3) is 3.97. The highest BCUT2D eigenvalue weighted by atomic mass is 32.2. The van der Waals surface area contributed by atoms with E-state index in [4.69, 9.17) is 5.11 Å². The van der Waals surface area contributed by atoms with Crippen molar-refractivity contribution >= 4 is 16.0 Å². The molecule has 1 aromatic rings. The van der Waals surface area contributed by atoms with Crippen molar-refractivity contribution in [3.05, 3.63) is 29.8 Å². The quantitative estimate of drug-likeness (QED) is 0.842. The number of rotatable bonds is 6. The molecule has 0 bridgehead atoms. The fourth-order valence-electron chi connectivity index (χ4n) is 1.50. The maximum Gasteiger partial charge on any atom is 0.322 e. The maximum atomic E-state index is 12.4. The number of sulfonamides is 1. The van der Waals surface area contributed by atoms with E-state index in [1.165, 1.54) is 0 Å². The van der Waals surface area contributed by atoms with Crippen LogP contribution in [0, 0.1) is 5.92 Å². The highest BCUT2D eigenvalue weighted by Gasteiger charge is 2.28. The van der Waals surface area contributed by atoms with Gasteiger partial charge in [0.2, 0.25) is 10.0 Å². The average Bonchev–Trinajstić information content (AvgIpc) is 2.35. The van der Waals surface area contributed by atoms with E-state index in [1.54, 1.807) is 13.8 Å². The van der Waals surface area contributed by atoms with Crippen molar-refractivity contribution in [2.45, 2.75) is 31.2 Å². The molecule has 0 amide bonds. The summed E-state index contributed by atoms with van der Waals surface area (Å²) in [6.07, 6.45) is -2.69. The van der Waals surface area contributed by atoms with Crippen LogP contribution in [0.15, 0.2) is 29.2 Å². The lowest BCUT2D eigenvalue weighted by Gasteiger charge is -2.18. The molecule has 1 rings (SSSR count). The first-order chi connectivity index (χ1) is 9.15. The molecule has 1 aromatic carbocycles. The number of hydrogen-bond acceptors (Lipinski definition) is 3. The number of benzene rings is 1. The van der Waals surface area contributed by atoms with Gasteiger partial charge in [0.15, 0.2) is 0 Å². The van der Waals surface area contributed by atoms with E-state index in [-0.39, 0.29) is 10.5 Å². The standard InChI is InChI=1S/C12H15F2NO4S/c1-7(2)10(12(16)17)15-20(18,19)9-5-3-8(4-6-9)11(13)14/h3-7,10-11,15H,1-2H3,(H,16,17)/t10-/m0/s1. The Morgan fingerprint density at radius 3 is 2.05 bits per heavy atom. The van der Waals surface area contributed by atoms with E-state index in [2.05, 4.69) is 0 Å². The Hall–Kier alpha value is -1.54. The summed E-state index contributed by atoms with van der Waals surface area (Å²) >= 11 is 0. The van der Waals surface area contributed by atoms with Crippen LogP contribution in [0.3, 0.4) is 0 Å². The number of alkyl halides is 2. The third-order valence-electron chi connectivity index (χ3n) is 2.66. The number of carbonyl (C=O) groups is 1. The first-order valence-electron chi connectivity index (χ1n) is 5.78.